The van der Waals surface area contributed by atoms with Crippen LogP contribution < -0.4 is 49.1 Å². The fourth-order valence-electron chi connectivity index (χ4n) is 10.7. The molecule has 0 saturated carbocycles. The number of carbonyl (C=O) groups excluding carboxylic acids is 8. The van der Waals surface area contributed by atoms with Crippen molar-refractivity contribution in [2.75, 3.05) is 68.5 Å². The highest BCUT2D eigenvalue weighted by atomic mass is 16.6. The lowest BCUT2D eigenvalue weighted by atomic mass is 9.91. The molecule has 22 heteroatoms. The Morgan fingerprint density at radius 3 is 2.11 bits per heavy atom. The highest BCUT2D eigenvalue weighted by molar-refractivity contribution is 6.24. The Bertz CT molecular complexity index is 3080. The van der Waals surface area contributed by atoms with Gasteiger partial charge in [-0.15, -0.1) is 0 Å². The minimum Gasteiger partial charge on any atom is -0.493 e. The maximum absolute atomic E-state index is 14.6. The molecule has 4 aromatic carbocycles. The van der Waals surface area contributed by atoms with Crippen LogP contribution in [0.4, 0.5) is 0 Å². The molecule has 5 atom stereocenters. The van der Waals surface area contributed by atoms with E-state index < -0.39 is 77.4 Å². The van der Waals surface area contributed by atoms with Crippen molar-refractivity contribution in [1.82, 2.24) is 25.8 Å². The fraction of sp³-hybridized carbons (Fsp3) is 0.492. The maximum Gasteiger partial charge on any atom is 0.329 e. The molecule has 0 spiro atoms. The number of ether oxygens (including phenoxy) is 9. The molecule has 3 heterocycles. The molecule has 2 unspecified atom stereocenters. The first-order valence-electron chi connectivity index (χ1n) is 28.6. The summed E-state index contributed by atoms with van der Waals surface area (Å²) in [5, 5.41) is 7.97. The molecule has 3 aliphatic rings. The molecular formula is C63H79N5O17. The second-order valence-electron chi connectivity index (χ2n) is 22.0. The van der Waals surface area contributed by atoms with Gasteiger partial charge in [-0.25, -0.2) is 4.79 Å². The summed E-state index contributed by atoms with van der Waals surface area (Å²) in [5.41, 5.74) is 0.543. The number of rotatable bonds is 29. The summed E-state index contributed by atoms with van der Waals surface area (Å²) in [6, 6.07) is 18.6. The van der Waals surface area contributed by atoms with Crippen molar-refractivity contribution in [2.24, 2.45) is 0 Å². The molecule has 2 fully saturated rings. The van der Waals surface area contributed by atoms with E-state index in [2.05, 4.69) is 16.0 Å². The number of hydrogen-bond acceptors (Lipinski definition) is 17. The predicted octanol–water partition coefficient (Wildman–Crippen LogP) is 6.97. The Balaban J connectivity index is 0.940. The minimum atomic E-state index is -1.15. The lowest BCUT2D eigenvalue weighted by Crippen LogP contribution is -2.54. The van der Waals surface area contributed by atoms with Gasteiger partial charge in [0.05, 0.1) is 70.3 Å². The van der Waals surface area contributed by atoms with Gasteiger partial charge in [0.2, 0.25) is 23.5 Å². The van der Waals surface area contributed by atoms with Gasteiger partial charge < -0.3 is 58.2 Å². The third-order valence-electron chi connectivity index (χ3n) is 15.6. The number of amides is 7. The summed E-state index contributed by atoms with van der Waals surface area (Å²) in [7, 11) is 7.67. The summed E-state index contributed by atoms with van der Waals surface area (Å²) in [6.07, 6.45) is 3.30. The van der Waals surface area contributed by atoms with Gasteiger partial charge in [-0.05, 0) is 144 Å². The van der Waals surface area contributed by atoms with E-state index in [0.29, 0.717) is 90.7 Å². The predicted molar refractivity (Wildman–Crippen MR) is 310 cm³/mol. The summed E-state index contributed by atoms with van der Waals surface area (Å²) >= 11 is 0. The Labute approximate surface area is 495 Å². The molecule has 2 saturated heterocycles. The van der Waals surface area contributed by atoms with Gasteiger partial charge in [-0.2, -0.15) is 0 Å². The quantitative estimate of drug-likeness (QED) is 0.0366. The zero-order valence-electron chi connectivity index (χ0n) is 50.2. The average molecular weight is 1180 g/mol. The van der Waals surface area contributed by atoms with E-state index in [0.717, 1.165) is 23.3 Å². The number of piperidine rings is 2. The van der Waals surface area contributed by atoms with Gasteiger partial charge in [-0.1, -0.05) is 38.1 Å². The van der Waals surface area contributed by atoms with E-state index in [1.807, 2.05) is 45.0 Å². The zero-order valence-corrected chi connectivity index (χ0v) is 50.2. The van der Waals surface area contributed by atoms with Crippen LogP contribution in [0.15, 0.2) is 72.8 Å². The van der Waals surface area contributed by atoms with Crippen molar-refractivity contribution >= 4 is 47.3 Å². The number of fused-ring (bicyclic) bond motifs is 1. The van der Waals surface area contributed by atoms with E-state index in [4.69, 9.17) is 42.6 Å². The van der Waals surface area contributed by atoms with Gasteiger partial charge in [-0.3, -0.25) is 43.8 Å². The summed E-state index contributed by atoms with van der Waals surface area (Å²) in [4.78, 5) is 109. The molecule has 3 aliphatic heterocycles. The highest BCUT2D eigenvalue weighted by Crippen LogP contribution is 2.42. The van der Waals surface area contributed by atoms with Crippen molar-refractivity contribution < 1.29 is 81.0 Å². The lowest BCUT2D eigenvalue weighted by molar-refractivity contribution is -0.162. The Morgan fingerprint density at radius 2 is 1.44 bits per heavy atom. The van der Waals surface area contributed by atoms with E-state index in [9.17, 15) is 38.4 Å². The zero-order chi connectivity index (χ0) is 61.6. The van der Waals surface area contributed by atoms with Gasteiger partial charge in [0.25, 0.3) is 23.6 Å². The second-order valence-corrected chi connectivity index (χ2v) is 22.0. The molecule has 0 aromatic heterocycles. The first-order chi connectivity index (χ1) is 40.7. The molecule has 458 valence electrons. The van der Waals surface area contributed by atoms with Crippen LogP contribution in [0, 0.1) is 0 Å². The number of imide groups is 2. The number of benzene rings is 4. The van der Waals surface area contributed by atoms with Crippen molar-refractivity contribution in [3.8, 4) is 40.2 Å². The summed E-state index contributed by atoms with van der Waals surface area (Å²) in [6.45, 7) is 9.21. The highest BCUT2D eigenvalue weighted by Gasteiger charge is 2.46. The van der Waals surface area contributed by atoms with Crippen LogP contribution in [0.5, 0.6) is 40.2 Å². The Morgan fingerprint density at radius 1 is 0.729 bits per heavy atom. The normalized spacial score (nSPS) is 17.3. The maximum atomic E-state index is 14.6. The van der Waals surface area contributed by atoms with Crippen molar-refractivity contribution in [2.45, 2.75) is 134 Å². The molecule has 7 amide bonds. The van der Waals surface area contributed by atoms with Crippen LogP contribution in [0.25, 0.3) is 0 Å². The number of carbonyl (C=O) groups is 8. The number of esters is 1. The summed E-state index contributed by atoms with van der Waals surface area (Å²) in [5.74, 6) is -2.22. The van der Waals surface area contributed by atoms with Gasteiger partial charge in [0, 0.05) is 19.5 Å². The largest absolute Gasteiger partial charge is 0.493 e. The monoisotopic (exact) mass is 1180 g/mol. The van der Waals surface area contributed by atoms with Crippen LogP contribution in [0.1, 0.15) is 142 Å². The van der Waals surface area contributed by atoms with Gasteiger partial charge in [0.15, 0.2) is 36.2 Å². The molecule has 0 bridgehead atoms. The number of aryl methyl sites for hydroxylation is 1. The third-order valence-corrected chi connectivity index (χ3v) is 15.6. The standard InChI is InChI=1S/C63H79N5O17/c1-11-42(40-33-50(79-8)56(81-10)51(34-40)80-9)58(73)67-30-14-13-20-45(67)61(76)85-46(25-22-38-23-26-47(77-6)49(31-38)78-7)39-17-15-18-41(32-39)82-35-53(70)64-29-28-63(5,12-2)84-37-62(3,4)66-54(71)36-83-48-21-16-19-43-55(48)60(75)68(59(43)74)44-24-27-52(69)65-57(44)72/h15-19,21,23,26,31-34,42,44-46H,11-14,20,22,24-25,27-30,35-37H2,1-10H3,(H,64,70)(H,66,71)(H,65,69,72)/t42-,44?,45-,46+,63?/m0/s1. The molecule has 0 radical (unpaired) electrons. The molecule has 22 nitrogen and oxygen atoms in total. The fourth-order valence-corrected chi connectivity index (χ4v) is 10.7. The Kier molecular flexibility index (Phi) is 21.8. The first-order valence-corrected chi connectivity index (χ1v) is 28.6. The third kappa shape index (κ3) is 15.7. The van der Waals surface area contributed by atoms with Crippen molar-refractivity contribution in [3.63, 3.8) is 0 Å². The van der Waals surface area contributed by atoms with Crippen LogP contribution in [-0.2, 0) is 44.7 Å². The number of nitrogens with zero attached hydrogens (tertiary/aromatic N) is 2. The average Bonchev–Trinajstić information content (AvgIpc) is 4.05. The van der Waals surface area contributed by atoms with Crippen LogP contribution >= 0.6 is 0 Å². The smallest absolute Gasteiger partial charge is 0.329 e. The van der Waals surface area contributed by atoms with E-state index >= 15 is 0 Å². The number of nitrogens with one attached hydrogen (secondary N) is 3. The number of methoxy groups -OCH3 is 5. The number of hydrogen-bond donors (Lipinski definition) is 3. The second kappa shape index (κ2) is 28.9. The van der Waals surface area contributed by atoms with Crippen LogP contribution in [-0.4, -0.2) is 149 Å². The van der Waals surface area contributed by atoms with E-state index in [-0.39, 0.29) is 61.3 Å². The topological polar surface area (TPSA) is 262 Å². The van der Waals surface area contributed by atoms with E-state index in [1.165, 1.54) is 39.5 Å². The first kappa shape index (κ1) is 64.2. The minimum absolute atomic E-state index is 0.00370. The van der Waals surface area contributed by atoms with Crippen molar-refractivity contribution in [1.29, 1.82) is 0 Å². The lowest BCUT2D eigenvalue weighted by Gasteiger charge is -2.37. The molecular weight excluding hydrogens is 1100 g/mol. The molecule has 7 rings (SSSR count). The summed E-state index contributed by atoms with van der Waals surface area (Å²) < 4.78 is 52.4. The van der Waals surface area contributed by atoms with Crippen molar-refractivity contribution in [3.05, 3.63) is 101 Å². The number of likely N-dealkylation sites (tertiary alicyclic amines) is 1. The van der Waals surface area contributed by atoms with Crippen LogP contribution in [0.2, 0.25) is 0 Å². The Hall–Kier alpha value is -8.40. The van der Waals surface area contributed by atoms with Crippen LogP contribution in [0.3, 0.4) is 0 Å². The molecule has 4 aromatic rings. The molecule has 85 heavy (non-hydrogen) atoms. The SMILES string of the molecule is CC[C@H](C(=O)N1CCCC[C@H]1C(=O)O[C@H](CCc1ccc(OC)c(OC)c1)c1cccc(OCC(=O)NCCC(C)(CC)OCC(C)(C)NC(=O)COc2cccc3c2C(=O)N(C2CCC(=O)NC2=O)C3=O)c1)c1cc(OC)c(OC)c(OC)c1. The van der Waals surface area contributed by atoms with Gasteiger partial charge in [0.1, 0.15) is 29.7 Å². The van der Waals surface area contributed by atoms with Gasteiger partial charge >= 0.3 is 5.97 Å². The molecule has 3 N–H and O–H groups in total. The molecule has 0 aliphatic carbocycles. The van der Waals surface area contributed by atoms with E-state index in [1.54, 1.807) is 63.3 Å².